The van der Waals surface area contributed by atoms with Gasteiger partial charge in [0, 0.05) is 43.4 Å². The fourth-order valence-electron chi connectivity index (χ4n) is 3.70. The first kappa shape index (κ1) is 19.6. The predicted octanol–water partition coefficient (Wildman–Crippen LogP) is 3.10. The van der Waals surface area contributed by atoms with E-state index in [0.29, 0.717) is 30.6 Å². The number of amides is 1. The smallest absolute Gasteiger partial charge is 0.295 e. The molecule has 3 aromatic rings. The van der Waals surface area contributed by atoms with Crippen LogP contribution >= 0.6 is 0 Å². The van der Waals surface area contributed by atoms with Crippen molar-refractivity contribution in [2.45, 2.75) is 25.9 Å². The summed E-state index contributed by atoms with van der Waals surface area (Å²) in [6, 6.07) is 10.1. The van der Waals surface area contributed by atoms with Gasteiger partial charge in [0.25, 0.3) is 11.7 Å². The Morgan fingerprint density at radius 1 is 1.07 bits per heavy atom. The lowest BCUT2D eigenvalue weighted by Gasteiger charge is -2.25. The normalized spacial score (nSPS) is 18.2. The van der Waals surface area contributed by atoms with Crippen molar-refractivity contribution in [2.24, 2.45) is 0 Å². The molecule has 7 heteroatoms. The maximum atomic E-state index is 12.9. The molecular formula is C23H22N4O3. The molecule has 1 atom stereocenters. The number of nitrogens with zero attached hydrogens (tertiary/aromatic N) is 4. The number of imidazole rings is 1. The second kappa shape index (κ2) is 8.32. The molecule has 30 heavy (non-hydrogen) atoms. The Balaban J connectivity index is 1.71. The second-order valence-electron chi connectivity index (χ2n) is 7.30. The number of carbonyl (C=O) groups excluding carboxylic acids is 2. The van der Waals surface area contributed by atoms with Crippen molar-refractivity contribution < 1.29 is 14.7 Å². The number of aliphatic hydroxyl groups is 1. The monoisotopic (exact) mass is 402 g/mol. The van der Waals surface area contributed by atoms with Crippen molar-refractivity contribution in [3.63, 3.8) is 0 Å². The molecule has 7 nitrogen and oxygen atoms in total. The first-order chi connectivity index (χ1) is 14.6. The average molecular weight is 402 g/mol. The average Bonchev–Trinajstić information content (AvgIpc) is 3.37. The molecule has 1 aliphatic heterocycles. The van der Waals surface area contributed by atoms with E-state index in [1.165, 1.54) is 4.90 Å². The van der Waals surface area contributed by atoms with Crippen LogP contribution in [0.3, 0.4) is 0 Å². The number of aromatic nitrogens is 3. The fourth-order valence-corrected chi connectivity index (χ4v) is 3.70. The SMILES string of the molecule is Cc1ccc(C(O)=C2C(=O)C(=O)N(CCCn3ccnc3)[C@@H]2c2cccnc2)cc1. The Labute approximate surface area is 174 Å². The molecule has 1 fully saturated rings. The topological polar surface area (TPSA) is 88.3 Å². The highest BCUT2D eigenvalue weighted by Gasteiger charge is 2.45. The van der Waals surface area contributed by atoms with Crippen LogP contribution in [-0.2, 0) is 16.1 Å². The van der Waals surface area contributed by atoms with Gasteiger partial charge in [-0.1, -0.05) is 35.9 Å². The third-order valence-electron chi connectivity index (χ3n) is 5.24. The zero-order valence-corrected chi connectivity index (χ0v) is 16.6. The van der Waals surface area contributed by atoms with Crippen LogP contribution in [0.4, 0.5) is 0 Å². The molecule has 1 amide bonds. The number of benzene rings is 1. The van der Waals surface area contributed by atoms with E-state index in [9.17, 15) is 14.7 Å². The molecule has 152 valence electrons. The molecule has 0 bridgehead atoms. The van der Waals surface area contributed by atoms with Crippen LogP contribution in [0.25, 0.3) is 5.76 Å². The van der Waals surface area contributed by atoms with E-state index in [1.54, 1.807) is 43.1 Å². The van der Waals surface area contributed by atoms with Crippen LogP contribution in [0.5, 0.6) is 0 Å². The van der Waals surface area contributed by atoms with Crippen LogP contribution in [-0.4, -0.2) is 42.8 Å². The lowest BCUT2D eigenvalue weighted by molar-refractivity contribution is -0.139. The van der Waals surface area contributed by atoms with E-state index in [4.69, 9.17) is 0 Å². The molecule has 1 aliphatic rings. The Kier molecular flexibility index (Phi) is 5.43. The maximum absolute atomic E-state index is 12.9. The number of Topliss-reactive ketones (excluding diaryl/α,β-unsaturated/α-hetero) is 1. The molecule has 1 N–H and O–H groups in total. The van der Waals surface area contributed by atoms with Gasteiger partial charge in [0.05, 0.1) is 17.9 Å². The summed E-state index contributed by atoms with van der Waals surface area (Å²) >= 11 is 0. The number of carbonyl (C=O) groups is 2. The highest BCUT2D eigenvalue weighted by Crippen LogP contribution is 2.39. The lowest BCUT2D eigenvalue weighted by Crippen LogP contribution is -2.31. The molecule has 0 aliphatic carbocycles. The largest absolute Gasteiger partial charge is 0.507 e. The van der Waals surface area contributed by atoms with E-state index in [2.05, 4.69) is 9.97 Å². The molecule has 1 saturated heterocycles. The zero-order chi connectivity index (χ0) is 21.1. The van der Waals surface area contributed by atoms with Crippen molar-refractivity contribution >= 4 is 17.4 Å². The van der Waals surface area contributed by atoms with Crippen LogP contribution < -0.4 is 0 Å². The van der Waals surface area contributed by atoms with Gasteiger partial charge in [-0.3, -0.25) is 14.6 Å². The third-order valence-corrected chi connectivity index (χ3v) is 5.24. The summed E-state index contributed by atoms with van der Waals surface area (Å²) in [5.41, 5.74) is 2.33. The summed E-state index contributed by atoms with van der Waals surface area (Å²) in [6.45, 7) is 2.98. The summed E-state index contributed by atoms with van der Waals surface area (Å²) in [5.74, 6) is -1.45. The van der Waals surface area contributed by atoms with Gasteiger partial charge in [0.2, 0.25) is 0 Å². The quantitative estimate of drug-likeness (QED) is 0.389. The number of aryl methyl sites for hydroxylation is 2. The second-order valence-corrected chi connectivity index (χ2v) is 7.30. The minimum absolute atomic E-state index is 0.0967. The van der Waals surface area contributed by atoms with Gasteiger partial charge in [0.1, 0.15) is 5.76 Å². The number of hydrogen-bond donors (Lipinski definition) is 1. The summed E-state index contributed by atoms with van der Waals surface area (Å²) in [4.78, 5) is 35.5. The van der Waals surface area contributed by atoms with Gasteiger partial charge in [-0.05, 0) is 25.0 Å². The van der Waals surface area contributed by atoms with Crippen LogP contribution in [0.1, 0.15) is 29.2 Å². The van der Waals surface area contributed by atoms with Crippen molar-refractivity contribution in [2.75, 3.05) is 6.54 Å². The maximum Gasteiger partial charge on any atom is 0.295 e. The van der Waals surface area contributed by atoms with Crippen molar-refractivity contribution in [3.05, 3.63) is 89.8 Å². The molecular weight excluding hydrogens is 380 g/mol. The Morgan fingerprint density at radius 3 is 2.53 bits per heavy atom. The van der Waals surface area contributed by atoms with Crippen molar-refractivity contribution in [1.82, 2.24) is 19.4 Å². The zero-order valence-electron chi connectivity index (χ0n) is 16.6. The Morgan fingerprint density at radius 2 is 1.87 bits per heavy atom. The highest BCUT2D eigenvalue weighted by molar-refractivity contribution is 6.46. The molecule has 0 spiro atoms. The standard InChI is InChI=1S/C23H22N4O3/c1-16-5-7-17(8-6-16)21(28)19-20(18-4-2-9-24-14-18)27(23(30)22(19)29)12-3-11-26-13-10-25-15-26/h2,4-10,13-15,20,28H,3,11-12H2,1H3/t20-/m1/s1. The molecule has 0 saturated carbocycles. The van der Waals surface area contributed by atoms with Gasteiger partial charge in [-0.25, -0.2) is 4.98 Å². The van der Waals surface area contributed by atoms with E-state index in [0.717, 1.165) is 5.56 Å². The Hall–Kier alpha value is -3.74. The van der Waals surface area contributed by atoms with Gasteiger partial charge in [-0.2, -0.15) is 0 Å². The number of likely N-dealkylation sites (tertiary alicyclic amines) is 1. The van der Waals surface area contributed by atoms with E-state index < -0.39 is 17.7 Å². The summed E-state index contributed by atoms with van der Waals surface area (Å²) in [6.07, 6.45) is 9.17. The summed E-state index contributed by atoms with van der Waals surface area (Å²) in [5, 5.41) is 11.0. The van der Waals surface area contributed by atoms with Gasteiger partial charge >= 0.3 is 0 Å². The van der Waals surface area contributed by atoms with E-state index in [1.807, 2.05) is 35.9 Å². The third kappa shape index (κ3) is 3.74. The molecule has 0 radical (unpaired) electrons. The first-order valence-electron chi connectivity index (χ1n) is 9.77. The van der Waals surface area contributed by atoms with E-state index in [-0.39, 0.29) is 11.3 Å². The van der Waals surface area contributed by atoms with Crippen molar-refractivity contribution in [3.8, 4) is 0 Å². The molecule has 3 heterocycles. The Bertz CT molecular complexity index is 1070. The number of ketones is 1. The number of aliphatic hydroxyl groups excluding tert-OH is 1. The molecule has 0 unspecified atom stereocenters. The molecule has 2 aromatic heterocycles. The minimum atomic E-state index is -0.678. The van der Waals surface area contributed by atoms with Crippen molar-refractivity contribution in [1.29, 1.82) is 0 Å². The van der Waals surface area contributed by atoms with Gasteiger partial charge in [-0.15, -0.1) is 0 Å². The molecule has 1 aromatic carbocycles. The lowest BCUT2D eigenvalue weighted by atomic mass is 9.96. The van der Waals surface area contributed by atoms with Gasteiger partial charge in [0.15, 0.2) is 0 Å². The number of pyridine rings is 1. The van der Waals surface area contributed by atoms with Gasteiger partial charge < -0.3 is 14.6 Å². The highest BCUT2D eigenvalue weighted by atomic mass is 16.3. The predicted molar refractivity (Wildman–Crippen MR) is 111 cm³/mol. The van der Waals surface area contributed by atoms with Crippen LogP contribution in [0.2, 0.25) is 0 Å². The van der Waals surface area contributed by atoms with Crippen LogP contribution in [0.15, 0.2) is 73.1 Å². The number of rotatable bonds is 6. The molecule has 4 rings (SSSR count). The van der Waals surface area contributed by atoms with E-state index >= 15 is 0 Å². The number of hydrogen-bond acceptors (Lipinski definition) is 5. The first-order valence-corrected chi connectivity index (χ1v) is 9.77. The summed E-state index contributed by atoms with van der Waals surface area (Å²) in [7, 11) is 0. The van der Waals surface area contributed by atoms with Crippen LogP contribution in [0, 0.1) is 6.92 Å². The fraction of sp³-hybridized carbons (Fsp3) is 0.217. The summed E-state index contributed by atoms with van der Waals surface area (Å²) < 4.78 is 1.92. The minimum Gasteiger partial charge on any atom is -0.507 e.